The number of nitrogens with zero attached hydrogens (tertiary/aromatic N) is 2. The fraction of sp³-hybridized carbons (Fsp3) is 0.333. The van der Waals surface area contributed by atoms with Gasteiger partial charge in [-0.25, -0.2) is 9.98 Å². The van der Waals surface area contributed by atoms with E-state index in [1.807, 2.05) is 25.1 Å². The molecule has 1 aromatic carbocycles. The molecule has 2 heterocycles. The average Bonchev–Trinajstić information content (AvgIpc) is 3.39. The lowest BCUT2D eigenvalue weighted by molar-refractivity contribution is 0.0437. The van der Waals surface area contributed by atoms with Gasteiger partial charge in [0.15, 0.2) is 5.96 Å². The molecule has 0 aliphatic rings. The second-order valence-electron chi connectivity index (χ2n) is 6.63. The van der Waals surface area contributed by atoms with Crippen LogP contribution < -0.4 is 10.6 Å². The number of guanidine groups is 1. The number of nitrogens with one attached hydrogen (secondary N) is 2. The molecule has 0 aliphatic carbocycles. The number of aliphatic imine (C=N–C) groups is 1. The van der Waals surface area contributed by atoms with Crippen molar-refractivity contribution in [2.45, 2.75) is 25.9 Å². The molecule has 3 N–H and O–H groups in total. The van der Waals surface area contributed by atoms with Gasteiger partial charge in [0.1, 0.15) is 16.4 Å². The van der Waals surface area contributed by atoms with Crippen LogP contribution in [0.2, 0.25) is 0 Å². The summed E-state index contributed by atoms with van der Waals surface area (Å²) in [6.45, 7) is 5.34. The van der Waals surface area contributed by atoms with Crippen molar-refractivity contribution in [1.29, 1.82) is 0 Å². The van der Waals surface area contributed by atoms with Crippen LogP contribution in [0.5, 0.6) is 0 Å². The van der Waals surface area contributed by atoms with E-state index in [9.17, 15) is 5.11 Å². The summed E-state index contributed by atoms with van der Waals surface area (Å²) in [5.74, 6) is 1.16. The van der Waals surface area contributed by atoms with Gasteiger partial charge >= 0.3 is 0 Å². The van der Waals surface area contributed by atoms with Gasteiger partial charge in [-0.2, -0.15) is 0 Å². The van der Waals surface area contributed by atoms with Gasteiger partial charge in [0.25, 0.3) is 0 Å². The van der Waals surface area contributed by atoms with Gasteiger partial charge in [-0.15, -0.1) is 11.3 Å². The Morgan fingerprint density at radius 1 is 1.21 bits per heavy atom. The maximum Gasteiger partial charge on any atom is 0.191 e. The molecule has 0 bridgehead atoms. The highest BCUT2D eigenvalue weighted by atomic mass is 32.1. The number of aromatic nitrogens is 1. The average molecular weight is 399 g/mol. The zero-order valence-corrected chi connectivity index (χ0v) is 17.0. The summed E-state index contributed by atoms with van der Waals surface area (Å²) in [6, 6.07) is 13.7. The maximum atomic E-state index is 10.5. The second kappa shape index (κ2) is 9.52. The monoisotopic (exact) mass is 398 g/mol. The molecule has 7 heteroatoms. The number of rotatable bonds is 8. The van der Waals surface area contributed by atoms with Crippen LogP contribution in [0.15, 0.2) is 63.5 Å². The molecular formula is C21H26N4O2S. The summed E-state index contributed by atoms with van der Waals surface area (Å²) in [6.07, 6.45) is 2.34. The van der Waals surface area contributed by atoms with E-state index in [0.717, 1.165) is 29.2 Å². The van der Waals surface area contributed by atoms with Crippen molar-refractivity contribution in [3.63, 3.8) is 0 Å². The lowest BCUT2D eigenvalue weighted by atomic mass is 10.0. The van der Waals surface area contributed by atoms with E-state index >= 15 is 0 Å². The van der Waals surface area contributed by atoms with Crippen LogP contribution in [0.1, 0.15) is 25.3 Å². The minimum Gasteiger partial charge on any atom is -0.466 e. The van der Waals surface area contributed by atoms with E-state index in [1.165, 1.54) is 0 Å². The zero-order chi connectivity index (χ0) is 19.8. The molecule has 0 fully saturated rings. The Morgan fingerprint density at radius 2 is 2.04 bits per heavy atom. The lowest BCUT2D eigenvalue weighted by Gasteiger charge is -2.19. The van der Waals surface area contributed by atoms with Crippen LogP contribution in [-0.4, -0.2) is 35.7 Å². The standard InChI is InChI=1S/C21H26N4O2S/c1-3-22-20(24-15-21(2,26)18-10-7-13-27-18)23-12-11-17-14-28-19(25-17)16-8-5-4-6-9-16/h4-10,13-14,26H,3,11-12,15H2,1-2H3,(H2,22,23,24). The van der Waals surface area contributed by atoms with Crippen molar-refractivity contribution in [3.05, 3.63) is 65.6 Å². The number of thiazole rings is 1. The predicted molar refractivity (Wildman–Crippen MR) is 114 cm³/mol. The second-order valence-corrected chi connectivity index (χ2v) is 7.49. The number of aliphatic hydroxyl groups is 1. The van der Waals surface area contributed by atoms with Crippen molar-refractivity contribution >= 4 is 17.3 Å². The zero-order valence-electron chi connectivity index (χ0n) is 16.2. The molecular weight excluding hydrogens is 372 g/mol. The predicted octanol–water partition coefficient (Wildman–Crippen LogP) is 3.41. The van der Waals surface area contributed by atoms with Crippen molar-refractivity contribution < 1.29 is 9.52 Å². The molecule has 1 unspecified atom stereocenters. The van der Waals surface area contributed by atoms with Crippen molar-refractivity contribution in [2.24, 2.45) is 4.99 Å². The summed E-state index contributed by atoms with van der Waals surface area (Å²) in [5, 5.41) is 20.2. The third-order valence-corrected chi connectivity index (χ3v) is 5.13. The van der Waals surface area contributed by atoms with Gasteiger partial charge in [-0.1, -0.05) is 30.3 Å². The molecule has 0 radical (unpaired) electrons. The van der Waals surface area contributed by atoms with Crippen LogP contribution >= 0.6 is 11.3 Å². The van der Waals surface area contributed by atoms with E-state index in [1.54, 1.807) is 36.7 Å². The Kier molecular flexibility index (Phi) is 6.84. The van der Waals surface area contributed by atoms with Gasteiger partial charge in [0, 0.05) is 30.5 Å². The largest absolute Gasteiger partial charge is 0.466 e. The Morgan fingerprint density at radius 3 is 2.75 bits per heavy atom. The molecule has 148 valence electrons. The molecule has 0 spiro atoms. The number of furan rings is 1. The number of benzene rings is 1. The van der Waals surface area contributed by atoms with Crippen LogP contribution in [0.25, 0.3) is 10.6 Å². The van der Waals surface area contributed by atoms with Gasteiger partial charge in [0.05, 0.1) is 18.5 Å². The summed E-state index contributed by atoms with van der Waals surface area (Å²) in [7, 11) is 0. The van der Waals surface area contributed by atoms with E-state index in [-0.39, 0.29) is 6.54 Å². The van der Waals surface area contributed by atoms with Crippen molar-refractivity contribution in [3.8, 4) is 10.6 Å². The van der Waals surface area contributed by atoms with Crippen LogP contribution in [0.3, 0.4) is 0 Å². The molecule has 28 heavy (non-hydrogen) atoms. The minimum absolute atomic E-state index is 0.199. The Balaban J connectivity index is 1.54. The smallest absolute Gasteiger partial charge is 0.191 e. The number of hydrogen-bond acceptors (Lipinski definition) is 5. The highest BCUT2D eigenvalue weighted by Crippen LogP contribution is 2.23. The fourth-order valence-electron chi connectivity index (χ4n) is 2.68. The summed E-state index contributed by atoms with van der Waals surface area (Å²) < 4.78 is 5.30. The normalized spacial score (nSPS) is 13.9. The van der Waals surface area contributed by atoms with Gasteiger partial charge in [-0.05, 0) is 26.0 Å². The molecule has 0 amide bonds. The quantitative estimate of drug-likeness (QED) is 0.400. The minimum atomic E-state index is -1.15. The lowest BCUT2D eigenvalue weighted by Crippen LogP contribution is -2.39. The first kappa shape index (κ1) is 20.1. The van der Waals surface area contributed by atoms with Gasteiger partial charge < -0.3 is 20.2 Å². The topological polar surface area (TPSA) is 82.7 Å². The first-order valence-electron chi connectivity index (χ1n) is 9.37. The van der Waals surface area contributed by atoms with E-state index in [0.29, 0.717) is 18.3 Å². The maximum absolute atomic E-state index is 10.5. The van der Waals surface area contributed by atoms with Crippen LogP contribution in [0.4, 0.5) is 0 Å². The highest BCUT2D eigenvalue weighted by molar-refractivity contribution is 7.13. The van der Waals surface area contributed by atoms with E-state index in [4.69, 9.17) is 9.40 Å². The Bertz CT molecular complexity index is 873. The first-order valence-corrected chi connectivity index (χ1v) is 10.2. The molecule has 0 aliphatic heterocycles. The fourth-order valence-corrected chi connectivity index (χ4v) is 3.54. The summed E-state index contributed by atoms with van der Waals surface area (Å²) in [4.78, 5) is 9.20. The highest BCUT2D eigenvalue weighted by Gasteiger charge is 2.26. The Hall–Kier alpha value is -2.64. The Labute approximate surface area is 169 Å². The molecule has 3 rings (SSSR count). The molecule has 0 saturated carbocycles. The van der Waals surface area contributed by atoms with Crippen molar-refractivity contribution in [1.82, 2.24) is 15.6 Å². The molecule has 3 aromatic rings. The molecule has 2 aromatic heterocycles. The molecule has 0 saturated heterocycles. The third-order valence-electron chi connectivity index (χ3n) is 4.19. The van der Waals surface area contributed by atoms with E-state index < -0.39 is 5.60 Å². The summed E-state index contributed by atoms with van der Waals surface area (Å²) in [5.41, 5.74) is 1.04. The van der Waals surface area contributed by atoms with Gasteiger partial charge in [-0.3, -0.25) is 0 Å². The van der Waals surface area contributed by atoms with Crippen LogP contribution in [0, 0.1) is 0 Å². The molecule has 1 atom stereocenters. The van der Waals surface area contributed by atoms with Crippen LogP contribution in [-0.2, 0) is 12.0 Å². The van der Waals surface area contributed by atoms with E-state index in [2.05, 4.69) is 33.1 Å². The first-order chi connectivity index (χ1) is 13.6. The SMILES string of the molecule is CCNC(=NCC(C)(O)c1ccco1)NCCc1csc(-c2ccccc2)n1. The summed E-state index contributed by atoms with van der Waals surface area (Å²) >= 11 is 1.66. The molecule has 6 nitrogen and oxygen atoms in total. The third kappa shape index (κ3) is 5.43. The number of hydrogen-bond donors (Lipinski definition) is 3. The van der Waals surface area contributed by atoms with Gasteiger partial charge in [0.2, 0.25) is 0 Å². The van der Waals surface area contributed by atoms with Crippen molar-refractivity contribution in [2.75, 3.05) is 19.6 Å².